The number of sulfonamides is 1. The molecule has 0 bridgehead atoms. The first-order chi connectivity index (χ1) is 16.7. The van der Waals surface area contributed by atoms with Crippen LogP contribution in [0.3, 0.4) is 0 Å². The first-order valence-electron chi connectivity index (χ1n) is 12.5. The summed E-state index contributed by atoms with van der Waals surface area (Å²) in [6, 6.07) is 11.5. The van der Waals surface area contributed by atoms with Crippen molar-refractivity contribution in [3.05, 3.63) is 64.2 Å². The van der Waals surface area contributed by atoms with Gasteiger partial charge in [0.2, 0.25) is 10.0 Å². The average molecular weight is 500 g/mol. The molecule has 2 saturated heterocycles. The van der Waals surface area contributed by atoms with Gasteiger partial charge >= 0.3 is 0 Å². The molecule has 4 rings (SSSR count). The molecular weight excluding hydrogens is 462 g/mol. The number of piperidine rings is 1. The minimum Gasteiger partial charge on any atom is -0.379 e. The highest BCUT2D eigenvalue weighted by molar-refractivity contribution is 7.89. The molecule has 2 aliphatic heterocycles. The van der Waals surface area contributed by atoms with Crippen molar-refractivity contribution in [2.45, 2.75) is 51.6 Å². The highest BCUT2D eigenvalue weighted by Crippen LogP contribution is 2.28. The van der Waals surface area contributed by atoms with Gasteiger partial charge in [0.05, 0.1) is 18.1 Å². The molecule has 1 amide bonds. The first kappa shape index (κ1) is 25.8. The third kappa shape index (κ3) is 6.30. The Morgan fingerprint density at radius 3 is 2.43 bits per heavy atom. The van der Waals surface area contributed by atoms with E-state index >= 15 is 0 Å². The summed E-state index contributed by atoms with van der Waals surface area (Å²) in [5, 5.41) is 2.98. The van der Waals surface area contributed by atoms with Crippen molar-refractivity contribution in [3.8, 4) is 0 Å². The second-order valence-electron chi connectivity index (χ2n) is 9.89. The number of nitrogens with one attached hydrogen (secondary N) is 1. The van der Waals surface area contributed by atoms with Gasteiger partial charge < -0.3 is 10.1 Å². The van der Waals surface area contributed by atoms with Gasteiger partial charge in [-0.2, -0.15) is 4.31 Å². The van der Waals surface area contributed by atoms with Crippen molar-refractivity contribution in [1.29, 1.82) is 0 Å². The normalized spacial score (nSPS) is 18.5. The zero-order valence-electron chi connectivity index (χ0n) is 21.0. The summed E-state index contributed by atoms with van der Waals surface area (Å²) in [7, 11) is -3.64. The molecule has 190 valence electrons. The summed E-state index contributed by atoms with van der Waals surface area (Å²) in [6.45, 7) is 11.5. The van der Waals surface area contributed by atoms with E-state index in [1.807, 2.05) is 26.0 Å². The van der Waals surface area contributed by atoms with Crippen LogP contribution in [0.5, 0.6) is 0 Å². The molecule has 2 aromatic carbocycles. The van der Waals surface area contributed by atoms with Gasteiger partial charge in [0.25, 0.3) is 5.91 Å². The van der Waals surface area contributed by atoms with Gasteiger partial charge in [0.1, 0.15) is 0 Å². The largest absolute Gasteiger partial charge is 0.379 e. The average Bonchev–Trinajstić information content (AvgIpc) is 2.85. The second kappa shape index (κ2) is 11.2. The molecule has 0 saturated carbocycles. The molecule has 2 aromatic rings. The maximum atomic E-state index is 13.4. The number of aryl methyl sites for hydroxylation is 1. The summed E-state index contributed by atoms with van der Waals surface area (Å²) in [6.07, 6.45) is 1.73. The first-order valence-corrected chi connectivity index (χ1v) is 14.0. The molecule has 0 atom stereocenters. The molecule has 0 radical (unpaired) electrons. The van der Waals surface area contributed by atoms with Gasteiger partial charge in [-0.05, 0) is 67.0 Å². The number of hydrogen-bond donors (Lipinski definition) is 1. The van der Waals surface area contributed by atoms with E-state index in [0.29, 0.717) is 36.7 Å². The molecule has 2 aliphatic rings. The molecule has 7 nitrogen and oxygen atoms in total. The molecule has 0 spiro atoms. The lowest BCUT2D eigenvalue weighted by Gasteiger charge is -2.30. The Kier molecular flexibility index (Phi) is 8.27. The monoisotopic (exact) mass is 499 g/mol. The Labute approximate surface area is 209 Å². The maximum absolute atomic E-state index is 13.4. The van der Waals surface area contributed by atoms with Crippen molar-refractivity contribution >= 4 is 15.9 Å². The third-order valence-corrected chi connectivity index (χ3v) is 9.22. The Balaban J connectivity index is 1.45. The van der Waals surface area contributed by atoms with Crippen LogP contribution in [-0.2, 0) is 27.8 Å². The topological polar surface area (TPSA) is 79.0 Å². The summed E-state index contributed by atoms with van der Waals surface area (Å²) in [5.41, 5.74) is 4.10. The molecular formula is C27H37N3O4S. The van der Waals surface area contributed by atoms with E-state index < -0.39 is 10.0 Å². The molecule has 0 aromatic heterocycles. The van der Waals surface area contributed by atoms with E-state index in [2.05, 4.69) is 29.3 Å². The quantitative estimate of drug-likeness (QED) is 0.631. The third-order valence-electron chi connectivity index (χ3n) is 7.20. The van der Waals surface area contributed by atoms with Crippen molar-refractivity contribution in [3.63, 3.8) is 0 Å². The number of carbonyl (C=O) groups excluding carboxylic acids is 1. The van der Waals surface area contributed by atoms with E-state index in [1.54, 1.807) is 16.4 Å². The van der Waals surface area contributed by atoms with Crippen molar-refractivity contribution in [2.75, 3.05) is 39.4 Å². The number of benzene rings is 2. The molecule has 8 heteroatoms. The lowest BCUT2D eigenvalue weighted by molar-refractivity contribution is 0.0342. The van der Waals surface area contributed by atoms with Crippen molar-refractivity contribution < 1.29 is 17.9 Å². The lowest BCUT2D eigenvalue weighted by atomic mass is 10.0. The van der Waals surface area contributed by atoms with Gasteiger partial charge in [-0.15, -0.1) is 0 Å². The fourth-order valence-corrected chi connectivity index (χ4v) is 6.52. The van der Waals surface area contributed by atoms with Crippen molar-refractivity contribution in [2.24, 2.45) is 5.92 Å². The maximum Gasteiger partial charge on any atom is 0.251 e. The van der Waals surface area contributed by atoms with Crippen LogP contribution in [0.25, 0.3) is 0 Å². The van der Waals surface area contributed by atoms with Crippen LogP contribution in [0.15, 0.2) is 41.3 Å². The van der Waals surface area contributed by atoms with Gasteiger partial charge in [0.15, 0.2) is 0 Å². The van der Waals surface area contributed by atoms with Crippen LogP contribution in [0, 0.1) is 19.8 Å². The van der Waals surface area contributed by atoms with Crippen LogP contribution in [0.1, 0.15) is 52.4 Å². The number of nitrogens with zero attached hydrogens (tertiary/aromatic N) is 2. The SMILES string of the molecule is Cc1cc(C(=O)NCc2cccc(CN3CCOCC3)c2)cc(S(=O)(=O)N2CCC(C)CC2)c1C. The second-order valence-corrected chi connectivity index (χ2v) is 11.8. The standard InChI is InChI=1S/C27H37N3O4S/c1-20-7-9-30(10-8-20)35(32,33)26-17-25(15-21(2)22(26)3)27(31)28-18-23-5-4-6-24(16-23)19-29-11-13-34-14-12-29/h4-6,15-17,20H,7-14,18-19H2,1-3H3,(H,28,31). The zero-order valence-corrected chi connectivity index (χ0v) is 21.9. The number of hydrogen-bond acceptors (Lipinski definition) is 5. The Hall–Kier alpha value is -2.26. The van der Waals surface area contributed by atoms with E-state index in [4.69, 9.17) is 4.74 Å². The van der Waals surface area contributed by atoms with Gasteiger partial charge in [-0.3, -0.25) is 9.69 Å². The predicted octanol–water partition coefficient (Wildman–Crippen LogP) is 3.49. The molecule has 2 heterocycles. The minimum absolute atomic E-state index is 0.240. The number of amides is 1. The highest BCUT2D eigenvalue weighted by atomic mass is 32.2. The van der Waals surface area contributed by atoms with Crippen LogP contribution in [0.2, 0.25) is 0 Å². The number of morpholine rings is 1. The van der Waals surface area contributed by atoms with Crippen LogP contribution in [0.4, 0.5) is 0 Å². The van der Waals surface area contributed by atoms with E-state index in [0.717, 1.165) is 56.8 Å². The van der Waals surface area contributed by atoms with E-state index in [-0.39, 0.29) is 10.8 Å². The predicted molar refractivity (Wildman–Crippen MR) is 137 cm³/mol. The van der Waals surface area contributed by atoms with Gasteiger partial charge in [0, 0.05) is 44.8 Å². The smallest absolute Gasteiger partial charge is 0.251 e. The summed E-state index contributed by atoms with van der Waals surface area (Å²) < 4.78 is 33.8. The summed E-state index contributed by atoms with van der Waals surface area (Å²) in [5.74, 6) is 0.268. The summed E-state index contributed by atoms with van der Waals surface area (Å²) >= 11 is 0. The van der Waals surface area contributed by atoms with E-state index in [1.165, 1.54) is 5.56 Å². The van der Waals surface area contributed by atoms with Crippen LogP contribution >= 0.6 is 0 Å². The fourth-order valence-electron chi connectivity index (χ4n) is 4.73. The summed E-state index contributed by atoms with van der Waals surface area (Å²) in [4.78, 5) is 15.6. The van der Waals surface area contributed by atoms with Gasteiger partial charge in [-0.1, -0.05) is 31.2 Å². The molecule has 1 N–H and O–H groups in total. The number of ether oxygens (including phenoxy) is 1. The Bertz CT molecular complexity index is 1150. The Morgan fingerprint density at radius 1 is 1.03 bits per heavy atom. The molecule has 35 heavy (non-hydrogen) atoms. The molecule has 0 aliphatic carbocycles. The van der Waals surface area contributed by atoms with E-state index in [9.17, 15) is 13.2 Å². The lowest BCUT2D eigenvalue weighted by Crippen LogP contribution is -2.38. The van der Waals surface area contributed by atoms with Crippen LogP contribution in [-0.4, -0.2) is 62.9 Å². The van der Waals surface area contributed by atoms with Crippen molar-refractivity contribution in [1.82, 2.24) is 14.5 Å². The zero-order chi connectivity index (χ0) is 25.0. The number of carbonyl (C=O) groups is 1. The molecule has 2 fully saturated rings. The van der Waals surface area contributed by atoms with Crippen LogP contribution < -0.4 is 5.32 Å². The highest BCUT2D eigenvalue weighted by Gasteiger charge is 2.30. The number of rotatable bonds is 7. The Morgan fingerprint density at radius 2 is 1.71 bits per heavy atom. The fraction of sp³-hybridized carbons (Fsp3) is 0.519. The van der Waals surface area contributed by atoms with Gasteiger partial charge in [-0.25, -0.2) is 8.42 Å². The molecule has 0 unspecified atom stereocenters. The minimum atomic E-state index is -3.64.